The van der Waals surface area contributed by atoms with Crippen molar-refractivity contribution in [3.8, 4) is 0 Å². The SMILES string of the molecule is CCn1cc(C(=O)N2C[C@H](C(C)C)[C@@H](N(C)C)C2)cn1. The molecule has 0 saturated carbocycles. The summed E-state index contributed by atoms with van der Waals surface area (Å²) in [7, 11) is 4.20. The fourth-order valence-electron chi connectivity index (χ4n) is 3.01. The summed E-state index contributed by atoms with van der Waals surface area (Å²) in [5.41, 5.74) is 0.703. The van der Waals surface area contributed by atoms with E-state index in [1.165, 1.54) is 0 Å². The van der Waals surface area contributed by atoms with E-state index in [0.717, 1.165) is 19.6 Å². The smallest absolute Gasteiger partial charge is 0.257 e. The van der Waals surface area contributed by atoms with Gasteiger partial charge in [-0.2, -0.15) is 5.10 Å². The molecule has 2 atom stereocenters. The zero-order valence-corrected chi connectivity index (χ0v) is 13.2. The van der Waals surface area contributed by atoms with Crippen LogP contribution in [0.4, 0.5) is 0 Å². The Balaban J connectivity index is 2.12. The molecule has 1 saturated heterocycles. The number of nitrogens with zero attached hydrogens (tertiary/aromatic N) is 4. The second-order valence-electron chi connectivity index (χ2n) is 6.23. The minimum atomic E-state index is 0.111. The first-order valence-corrected chi connectivity index (χ1v) is 7.42. The summed E-state index contributed by atoms with van der Waals surface area (Å²) in [6.07, 6.45) is 3.52. The highest BCUT2D eigenvalue weighted by Gasteiger charge is 2.38. The van der Waals surface area contributed by atoms with Crippen LogP contribution >= 0.6 is 0 Å². The fraction of sp³-hybridized carbons (Fsp3) is 0.733. The van der Waals surface area contributed by atoms with Crippen molar-refractivity contribution < 1.29 is 4.79 Å². The van der Waals surface area contributed by atoms with Crippen LogP contribution in [0.5, 0.6) is 0 Å². The van der Waals surface area contributed by atoms with Gasteiger partial charge in [-0.3, -0.25) is 9.48 Å². The van der Waals surface area contributed by atoms with Gasteiger partial charge in [-0.15, -0.1) is 0 Å². The lowest BCUT2D eigenvalue weighted by Crippen LogP contribution is -2.37. The largest absolute Gasteiger partial charge is 0.337 e. The zero-order valence-electron chi connectivity index (χ0n) is 13.2. The van der Waals surface area contributed by atoms with Gasteiger partial charge in [0.1, 0.15) is 0 Å². The van der Waals surface area contributed by atoms with Gasteiger partial charge in [0.15, 0.2) is 0 Å². The van der Waals surface area contributed by atoms with Crippen molar-refractivity contribution in [2.75, 3.05) is 27.2 Å². The lowest BCUT2D eigenvalue weighted by atomic mass is 9.91. The van der Waals surface area contributed by atoms with E-state index in [1.54, 1.807) is 10.9 Å². The first kappa shape index (κ1) is 15.0. The van der Waals surface area contributed by atoms with Crippen molar-refractivity contribution >= 4 is 5.91 Å². The molecule has 1 fully saturated rings. The number of likely N-dealkylation sites (N-methyl/N-ethyl adjacent to an activating group) is 1. The van der Waals surface area contributed by atoms with E-state index in [9.17, 15) is 4.79 Å². The highest BCUT2D eigenvalue weighted by Crippen LogP contribution is 2.28. The summed E-state index contributed by atoms with van der Waals surface area (Å²) in [4.78, 5) is 16.8. The molecule has 1 amide bonds. The van der Waals surface area contributed by atoms with Gasteiger partial charge in [0, 0.05) is 31.9 Å². The molecule has 112 valence electrons. The molecule has 5 heteroatoms. The first-order valence-electron chi connectivity index (χ1n) is 7.42. The van der Waals surface area contributed by atoms with Crippen molar-refractivity contribution in [2.24, 2.45) is 11.8 Å². The van der Waals surface area contributed by atoms with Crippen LogP contribution in [0.15, 0.2) is 12.4 Å². The molecule has 5 nitrogen and oxygen atoms in total. The molecule has 1 aliphatic heterocycles. The Bertz CT molecular complexity index is 450. The van der Waals surface area contributed by atoms with Gasteiger partial charge in [-0.05, 0) is 32.9 Å². The monoisotopic (exact) mass is 278 g/mol. The molecule has 0 unspecified atom stereocenters. The van der Waals surface area contributed by atoms with Crippen LogP contribution in [0, 0.1) is 11.8 Å². The molecular weight excluding hydrogens is 252 g/mol. The van der Waals surface area contributed by atoms with Gasteiger partial charge < -0.3 is 9.80 Å². The highest BCUT2D eigenvalue weighted by atomic mass is 16.2. The van der Waals surface area contributed by atoms with Crippen molar-refractivity contribution in [2.45, 2.75) is 33.4 Å². The minimum absolute atomic E-state index is 0.111. The molecule has 1 aromatic heterocycles. The van der Waals surface area contributed by atoms with Gasteiger partial charge in [0.25, 0.3) is 5.91 Å². The molecule has 2 heterocycles. The van der Waals surface area contributed by atoms with Crippen LogP contribution in [0.3, 0.4) is 0 Å². The van der Waals surface area contributed by atoms with Crippen LogP contribution in [0.2, 0.25) is 0 Å². The summed E-state index contributed by atoms with van der Waals surface area (Å²) in [5, 5.41) is 4.19. The second-order valence-corrected chi connectivity index (χ2v) is 6.23. The average molecular weight is 278 g/mol. The first-order chi connectivity index (χ1) is 9.43. The van der Waals surface area contributed by atoms with Gasteiger partial charge in [-0.25, -0.2) is 0 Å². The van der Waals surface area contributed by atoms with Gasteiger partial charge in [0.2, 0.25) is 0 Å². The lowest BCUT2D eigenvalue weighted by Gasteiger charge is -2.27. The number of rotatable bonds is 4. The van der Waals surface area contributed by atoms with Crippen molar-refractivity contribution in [3.63, 3.8) is 0 Å². The topological polar surface area (TPSA) is 41.4 Å². The maximum absolute atomic E-state index is 12.6. The van der Waals surface area contributed by atoms with E-state index >= 15 is 0 Å². The standard InChI is InChI=1S/C15H26N4O/c1-6-19-8-12(7-16-19)15(20)18-9-13(11(2)3)14(10-18)17(4)5/h7-8,11,13-14H,6,9-10H2,1-5H3/t13-,14+/m1/s1. The van der Waals surface area contributed by atoms with Crippen LogP contribution in [0.1, 0.15) is 31.1 Å². The molecule has 20 heavy (non-hydrogen) atoms. The predicted octanol–water partition coefficient (Wildman–Crippen LogP) is 1.56. The van der Waals surface area contributed by atoms with Crippen LogP contribution < -0.4 is 0 Å². The molecule has 1 aromatic rings. The molecule has 0 N–H and O–H groups in total. The van der Waals surface area contributed by atoms with E-state index < -0.39 is 0 Å². The molecular formula is C15H26N4O. The summed E-state index contributed by atoms with van der Waals surface area (Å²) in [5.74, 6) is 1.23. The average Bonchev–Trinajstić information content (AvgIpc) is 3.04. The van der Waals surface area contributed by atoms with E-state index in [-0.39, 0.29) is 5.91 Å². The number of carbonyl (C=O) groups excluding carboxylic acids is 1. The molecule has 2 rings (SSSR count). The van der Waals surface area contributed by atoms with Crippen molar-refractivity contribution in [3.05, 3.63) is 18.0 Å². The normalized spacial score (nSPS) is 23.1. The summed E-state index contributed by atoms with van der Waals surface area (Å²) in [6.45, 7) is 8.95. The van der Waals surface area contributed by atoms with Gasteiger partial charge >= 0.3 is 0 Å². The van der Waals surface area contributed by atoms with E-state index in [4.69, 9.17) is 0 Å². The Kier molecular flexibility index (Phi) is 4.48. The van der Waals surface area contributed by atoms with E-state index in [2.05, 4.69) is 37.9 Å². The molecule has 0 spiro atoms. The molecule has 0 bridgehead atoms. The maximum Gasteiger partial charge on any atom is 0.257 e. The Hall–Kier alpha value is -1.36. The number of hydrogen-bond donors (Lipinski definition) is 0. The number of aromatic nitrogens is 2. The second kappa shape index (κ2) is 5.95. The highest BCUT2D eigenvalue weighted by molar-refractivity contribution is 5.94. The van der Waals surface area contributed by atoms with Crippen LogP contribution in [-0.4, -0.2) is 58.7 Å². The minimum Gasteiger partial charge on any atom is -0.337 e. The Labute approximate surface area is 121 Å². The lowest BCUT2D eigenvalue weighted by molar-refractivity contribution is 0.0779. The third-order valence-electron chi connectivity index (χ3n) is 4.34. The van der Waals surface area contributed by atoms with E-state index in [1.807, 2.05) is 18.0 Å². The number of likely N-dealkylation sites (tertiary alicyclic amines) is 1. The summed E-state index contributed by atoms with van der Waals surface area (Å²) in [6, 6.07) is 0.445. The maximum atomic E-state index is 12.6. The predicted molar refractivity (Wildman–Crippen MR) is 79.6 cm³/mol. The van der Waals surface area contributed by atoms with Crippen molar-refractivity contribution in [1.82, 2.24) is 19.6 Å². The Morgan fingerprint density at radius 3 is 2.60 bits per heavy atom. The number of amides is 1. The quantitative estimate of drug-likeness (QED) is 0.839. The molecule has 0 aliphatic carbocycles. The Morgan fingerprint density at radius 1 is 1.45 bits per heavy atom. The Morgan fingerprint density at radius 2 is 2.15 bits per heavy atom. The molecule has 0 aromatic carbocycles. The summed E-state index contributed by atoms with van der Waals surface area (Å²) < 4.78 is 1.80. The van der Waals surface area contributed by atoms with Crippen LogP contribution in [0.25, 0.3) is 0 Å². The molecule has 0 radical (unpaired) electrons. The number of hydrogen-bond acceptors (Lipinski definition) is 3. The number of aryl methyl sites for hydroxylation is 1. The van der Waals surface area contributed by atoms with Crippen LogP contribution in [-0.2, 0) is 6.54 Å². The third kappa shape index (κ3) is 2.87. The van der Waals surface area contributed by atoms with Gasteiger partial charge in [0.05, 0.1) is 11.8 Å². The summed E-state index contributed by atoms with van der Waals surface area (Å²) >= 11 is 0. The van der Waals surface area contributed by atoms with Crippen molar-refractivity contribution in [1.29, 1.82) is 0 Å². The van der Waals surface area contributed by atoms with E-state index in [0.29, 0.717) is 23.4 Å². The third-order valence-corrected chi connectivity index (χ3v) is 4.34. The number of carbonyl (C=O) groups is 1. The zero-order chi connectivity index (χ0) is 14.9. The fourth-order valence-corrected chi connectivity index (χ4v) is 3.01. The molecule has 1 aliphatic rings. The van der Waals surface area contributed by atoms with Gasteiger partial charge in [-0.1, -0.05) is 13.8 Å².